The highest BCUT2D eigenvalue weighted by atomic mass is 32.2. The number of nitrogens with one attached hydrogen (secondary N) is 1. The lowest BCUT2D eigenvalue weighted by molar-refractivity contribution is 0.479. The second-order valence-electron chi connectivity index (χ2n) is 4.31. The summed E-state index contributed by atoms with van der Waals surface area (Å²) in [5.41, 5.74) is 0. The second kappa shape index (κ2) is 6.59. The lowest BCUT2D eigenvalue weighted by Crippen LogP contribution is -2.27. The minimum absolute atomic E-state index is 0.194. The smallest absolute Gasteiger partial charge is 0.264 e. The van der Waals surface area contributed by atoms with Crippen LogP contribution in [-0.4, -0.2) is 44.9 Å². The highest BCUT2D eigenvalue weighted by molar-refractivity contribution is 7.85. The van der Waals surface area contributed by atoms with E-state index >= 15 is 0 Å². The van der Waals surface area contributed by atoms with Crippen LogP contribution in [0.5, 0.6) is 0 Å². The first kappa shape index (κ1) is 15.0. The highest BCUT2D eigenvalue weighted by Crippen LogP contribution is 2.06. The molecule has 0 aromatic heterocycles. The van der Waals surface area contributed by atoms with Crippen molar-refractivity contribution in [1.82, 2.24) is 5.32 Å². The molecular formula is C8H21NO4SSi. The SMILES string of the molecule is C[Si](C)(O)CCCNCCCS(=O)(=O)O. The normalized spacial score (nSPS) is 13.1. The first-order valence-electron chi connectivity index (χ1n) is 5.09. The predicted molar refractivity (Wildman–Crippen MR) is 63.0 cm³/mol. The van der Waals surface area contributed by atoms with Gasteiger partial charge in [-0.1, -0.05) is 0 Å². The van der Waals surface area contributed by atoms with Crippen molar-refractivity contribution in [2.45, 2.75) is 32.0 Å². The van der Waals surface area contributed by atoms with E-state index in [4.69, 9.17) is 4.55 Å². The van der Waals surface area contributed by atoms with Gasteiger partial charge < -0.3 is 10.1 Å². The van der Waals surface area contributed by atoms with Gasteiger partial charge >= 0.3 is 0 Å². The fourth-order valence-electron chi connectivity index (χ4n) is 1.15. The van der Waals surface area contributed by atoms with Gasteiger partial charge in [0.1, 0.15) is 0 Å². The zero-order valence-electron chi connectivity index (χ0n) is 9.36. The Labute approximate surface area is 92.8 Å². The van der Waals surface area contributed by atoms with Gasteiger partial charge in [0.15, 0.2) is 8.32 Å². The quantitative estimate of drug-likeness (QED) is 0.333. The van der Waals surface area contributed by atoms with Crippen LogP contribution in [0.15, 0.2) is 0 Å². The summed E-state index contributed by atoms with van der Waals surface area (Å²) in [5.74, 6) is -0.194. The summed E-state index contributed by atoms with van der Waals surface area (Å²) < 4.78 is 29.1. The molecule has 0 spiro atoms. The Morgan fingerprint density at radius 1 is 1.20 bits per heavy atom. The van der Waals surface area contributed by atoms with Gasteiger partial charge in [-0.15, -0.1) is 0 Å². The summed E-state index contributed by atoms with van der Waals surface area (Å²) in [6.45, 7) is 5.15. The van der Waals surface area contributed by atoms with Crippen molar-refractivity contribution in [3.63, 3.8) is 0 Å². The van der Waals surface area contributed by atoms with E-state index < -0.39 is 18.4 Å². The molecule has 0 fully saturated rings. The molecular weight excluding hydrogens is 234 g/mol. The Kier molecular flexibility index (Phi) is 6.61. The molecule has 3 N–H and O–H groups in total. The average molecular weight is 255 g/mol. The molecule has 0 saturated heterocycles. The molecule has 92 valence electrons. The lowest BCUT2D eigenvalue weighted by Gasteiger charge is -2.13. The van der Waals surface area contributed by atoms with Crippen molar-refractivity contribution < 1.29 is 17.8 Å². The summed E-state index contributed by atoms with van der Waals surface area (Å²) in [4.78, 5) is 9.53. The molecule has 0 atom stereocenters. The van der Waals surface area contributed by atoms with E-state index in [1.54, 1.807) is 0 Å². The molecule has 0 heterocycles. The fourth-order valence-corrected chi connectivity index (χ4v) is 2.70. The number of hydrogen-bond acceptors (Lipinski definition) is 4. The van der Waals surface area contributed by atoms with E-state index in [1.165, 1.54) is 0 Å². The van der Waals surface area contributed by atoms with E-state index in [0.717, 1.165) is 19.0 Å². The monoisotopic (exact) mass is 255 g/mol. The van der Waals surface area contributed by atoms with E-state index in [1.807, 2.05) is 13.1 Å². The number of rotatable bonds is 8. The van der Waals surface area contributed by atoms with Crippen LogP contribution in [0.4, 0.5) is 0 Å². The highest BCUT2D eigenvalue weighted by Gasteiger charge is 2.15. The zero-order valence-corrected chi connectivity index (χ0v) is 11.2. The Morgan fingerprint density at radius 2 is 1.73 bits per heavy atom. The largest absolute Gasteiger partial charge is 0.432 e. The van der Waals surface area contributed by atoms with Crippen molar-refractivity contribution in [2.75, 3.05) is 18.8 Å². The summed E-state index contributed by atoms with van der Waals surface area (Å²) in [5, 5.41) is 3.07. The third-order valence-corrected chi connectivity index (χ3v) is 4.28. The van der Waals surface area contributed by atoms with Gasteiger partial charge in [-0.25, -0.2) is 0 Å². The molecule has 7 heteroatoms. The van der Waals surface area contributed by atoms with Crippen molar-refractivity contribution >= 4 is 18.4 Å². The summed E-state index contributed by atoms with van der Waals surface area (Å²) in [6, 6.07) is 0.846. The lowest BCUT2D eigenvalue weighted by atomic mass is 10.4. The van der Waals surface area contributed by atoms with Gasteiger partial charge in [0.25, 0.3) is 10.1 Å². The molecule has 0 saturated carbocycles. The second-order valence-corrected chi connectivity index (χ2v) is 10.0. The van der Waals surface area contributed by atoms with Crippen molar-refractivity contribution in [1.29, 1.82) is 0 Å². The maximum Gasteiger partial charge on any atom is 0.264 e. The molecule has 0 radical (unpaired) electrons. The predicted octanol–water partition coefficient (Wildman–Crippen LogP) is 0.441. The van der Waals surface area contributed by atoms with Crippen LogP contribution in [0.25, 0.3) is 0 Å². The first-order valence-corrected chi connectivity index (χ1v) is 9.85. The Balaban J connectivity index is 3.27. The third-order valence-electron chi connectivity index (χ3n) is 1.90. The van der Waals surface area contributed by atoms with Gasteiger partial charge in [-0.3, -0.25) is 4.55 Å². The molecule has 0 amide bonds. The fraction of sp³-hybridized carbons (Fsp3) is 1.00. The summed E-state index contributed by atoms with van der Waals surface area (Å²) >= 11 is 0. The molecule has 0 aliphatic rings. The molecule has 0 aliphatic carbocycles. The maximum absolute atomic E-state index is 10.4. The average Bonchev–Trinajstić information content (AvgIpc) is 1.98. The van der Waals surface area contributed by atoms with Crippen LogP contribution in [0.3, 0.4) is 0 Å². The van der Waals surface area contributed by atoms with Crippen molar-refractivity contribution in [3.05, 3.63) is 0 Å². The number of hydrogen-bond donors (Lipinski definition) is 3. The van der Waals surface area contributed by atoms with Crippen LogP contribution in [0, 0.1) is 0 Å². The first-order chi connectivity index (χ1) is 6.71. The van der Waals surface area contributed by atoms with E-state index in [2.05, 4.69) is 5.32 Å². The van der Waals surface area contributed by atoms with Gasteiger partial charge in [-0.05, 0) is 45.1 Å². The van der Waals surface area contributed by atoms with E-state index in [0.29, 0.717) is 13.0 Å². The molecule has 0 unspecified atom stereocenters. The molecule has 15 heavy (non-hydrogen) atoms. The molecule has 5 nitrogen and oxygen atoms in total. The third kappa shape index (κ3) is 14.0. The molecule has 0 aliphatic heterocycles. The molecule has 0 rings (SSSR count). The standard InChI is InChI=1S/C8H21NO4SSi/c1-15(2,13)8-4-6-9-5-3-7-14(10,11)12/h9,13H,3-8H2,1-2H3,(H,10,11,12). The van der Waals surface area contributed by atoms with Crippen LogP contribution >= 0.6 is 0 Å². The van der Waals surface area contributed by atoms with Gasteiger partial charge in [0.05, 0.1) is 5.75 Å². The van der Waals surface area contributed by atoms with Crippen LogP contribution in [-0.2, 0) is 10.1 Å². The zero-order chi connectivity index (χ0) is 11.9. The molecule has 0 aromatic carbocycles. The minimum atomic E-state index is -3.81. The Morgan fingerprint density at radius 3 is 2.20 bits per heavy atom. The molecule has 0 aromatic rings. The Bertz CT molecular complexity index is 260. The van der Waals surface area contributed by atoms with Gasteiger partial charge in [-0.2, -0.15) is 8.42 Å². The van der Waals surface area contributed by atoms with Crippen molar-refractivity contribution in [3.8, 4) is 0 Å². The molecule has 0 bridgehead atoms. The van der Waals surface area contributed by atoms with Gasteiger partial charge in [0, 0.05) is 0 Å². The van der Waals surface area contributed by atoms with Crippen LogP contribution < -0.4 is 5.32 Å². The van der Waals surface area contributed by atoms with Gasteiger partial charge in [0.2, 0.25) is 0 Å². The maximum atomic E-state index is 10.4. The van der Waals surface area contributed by atoms with Crippen LogP contribution in [0.2, 0.25) is 19.1 Å². The van der Waals surface area contributed by atoms with Crippen molar-refractivity contribution in [2.24, 2.45) is 0 Å². The Hall–Kier alpha value is 0.0469. The topological polar surface area (TPSA) is 86.6 Å². The van der Waals surface area contributed by atoms with E-state index in [-0.39, 0.29) is 5.75 Å². The minimum Gasteiger partial charge on any atom is -0.432 e. The summed E-state index contributed by atoms with van der Waals surface area (Å²) in [7, 11) is -5.74. The summed E-state index contributed by atoms with van der Waals surface area (Å²) in [6.07, 6.45) is 1.32. The van der Waals surface area contributed by atoms with E-state index in [9.17, 15) is 13.2 Å². The van der Waals surface area contributed by atoms with Crippen LogP contribution in [0.1, 0.15) is 12.8 Å².